The molecule has 1 aromatic heterocycles. The molecule has 0 radical (unpaired) electrons. The maximum absolute atomic E-state index is 9.81. The number of hydrogen-bond acceptors (Lipinski definition) is 3. The van der Waals surface area contributed by atoms with Crippen LogP contribution in [0.25, 0.3) is 0 Å². The number of nitrogens with zero attached hydrogens (tertiary/aromatic N) is 2. The highest BCUT2D eigenvalue weighted by atomic mass is 35.5. The van der Waals surface area contributed by atoms with Crippen molar-refractivity contribution in [3.05, 3.63) is 53.1 Å². The van der Waals surface area contributed by atoms with E-state index in [4.69, 9.17) is 11.6 Å². The van der Waals surface area contributed by atoms with Crippen LogP contribution < -0.4 is 0 Å². The Morgan fingerprint density at radius 3 is 2.50 bits per heavy atom. The molecule has 5 heteroatoms. The fourth-order valence-electron chi connectivity index (χ4n) is 2.39. The summed E-state index contributed by atoms with van der Waals surface area (Å²) in [5.41, 5.74) is 0.0328. The van der Waals surface area contributed by atoms with Gasteiger partial charge in [-0.3, -0.25) is 0 Å². The van der Waals surface area contributed by atoms with E-state index in [9.17, 15) is 10.2 Å². The van der Waals surface area contributed by atoms with Gasteiger partial charge in [0.15, 0.2) is 0 Å². The number of hydrogen-bond donors (Lipinski definition) is 2. The molecular formula is C15H19ClN2O2. The number of aliphatic hydroxyl groups is 2. The minimum Gasteiger partial charge on any atom is -0.395 e. The van der Waals surface area contributed by atoms with Gasteiger partial charge in [0.25, 0.3) is 0 Å². The molecule has 0 aliphatic heterocycles. The lowest BCUT2D eigenvalue weighted by Crippen LogP contribution is -2.36. The molecule has 0 spiro atoms. The van der Waals surface area contributed by atoms with E-state index >= 15 is 0 Å². The molecule has 2 aromatic rings. The molecule has 0 fully saturated rings. The molecule has 4 nitrogen and oxygen atoms in total. The first-order valence-electron chi connectivity index (χ1n) is 6.56. The lowest BCUT2D eigenvalue weighted by molar-refractivity contribution is 0.109. The molecule has 2 N–H and O–H groups in total. The lowest BCUT2D eigenvalue weighted by atomic mass is 9.78. The summed E-state index contributed by atoms with van der Waals surface area (Å²) in [4.78, 5) is 4.27. The van der Waals surface area contributed by atoms with Gasteiger partial charge >= 0.3 is 0 Å². The first-order valence-corrected chi connectivity index (χ1v) is 6.94. The van der Waals surface area contributed by atoms with Gasteiger partial charge in [-0.05, 0) is 18.1 Å². The van der Waals surface area contributed by atoms with Crippen LogP contribution in [0.3, 0.4) is 0 Å². The molecule has 108 valence electrons. The third kappa shape index (κ3) is 2.87. The molecule has 2 rings (SSSR count). The summed E-state index contributed by atoms with van der Waals surface area (Å²) >= 11 is 6.21. The standard InChI is InChI=1S/C15H19ClN2O2/c1-18-9-8-17-14(18)6-7-15(10-19,11-20)12-4-2-3-5-13(12)16/h2-5,8-9,19-20H,6-7,10-11H2,1H3. The number of aliphatic hydroxyl groups excluding tert-OH is 2. The number of rotatable bonds is 6. The van der Waals surface area contributed by atoms with Crippen LogP contribution in [0.1, 0.15) is 17.8 Å². The van der Waals surface area contributed by atoms with Crippen LogP contribution in [0.2, 0.25) is 5.02 Å². The largest absolute Gasteiger partial charge is 0.395 e. The van der Waals surface area contributed by atoms with E-state index in [1.807, 2.05) is 36.0 Å². The molecule has 1 aromatic carbocycles. The molecule has 0 atom stereocenters. The zero-order valence-electron chi connectivity index (χ0n) is 11.5. The van der Waals surface area contributed by atoms with Gasteiger partial charge < -0.3 is 14.8 Å². The Balaban J connectivity index is 2.26. The zero-order chi connectivity index (χ0) is 14.6. The van der Waals surface area contributed by atoms with Crippen LogP contribution in [0.5, 0.6) is 0 Å². The first kappa shape index (κ1) is 15.0. The predicted octanol–water partition coefficient (Wildman–Crippen LogP) is 1.93. The lowest BCUT2D eigenvalue weighted by Gasteiger charge is -2.31. The second-order valence-electron chi connectivity index (χ2n) is 5.03. The van der Waals surface area contributed by atoms with Crippen molar-refractivity contribution < 1.29 is 10.2 Å². The molecule has 0 unspecified atom stereocenters. The topological polar surface area (TPSA) is 58.3 Å². The quantitative estimate of drug-likeness (QED) is 0.856. The van der Waals surface area contributed by atoms with Crippen LogP contribution >= 0.6 is 11.6 Å². The van der Waals surface area contributed by atoms with Gasteiger partial charge in [-0.15, -0.1) is 0 Å². The molecule has 0 aliphatic rings. The van der Waals surface area contributed by atoms with Crippen LogP contribution in [0, 0.1) is 0 Å². The number of benzene rings is 1. The fourth-order valence-corrected chi connectivity index (χ4v) is 2.73. The monoisotopic (exact) mass is 294 g/mol. The van der Waals surface area contributed by atoms with Crippen molar-refractivity contribution in [3.8, 4) is 0 Å². The van der Waals surface area contributed by atoms with Crippen LogP contribution in [-0.2, 0) is 18.9 Å². The van der Waals surface area contributed by atoms with Crippen molar-refractivity contribution in [1.29, 1.82) is 0 Å². The Morgan fingerprint density at radius 1 is 1.25 bits per heavy atom. The molecule has 0 aliphatic carbocycles. The summed E-state index contributed by atoms with van der Waals surface area (Å²) in [6, 6.07) is 7.33. The van der Waals surface area contributed by atoms with Gasteiger partial charge in [0.1, 0.15) is 5.82 Å². The highest BCUT2D eigenvalue weighted by Crippen LogP contribution is 2.33. The molecule has 20 heavy (non-hydrogen) atoms. The fraction of sp³-hybridized carbons (Fsp3) is 0.400. The third-order valence-corrected chi connectivity index (χ3v) is 4.13. The molecule has 0 saturated carbocycles. The van der Waals surface area contributed by atoms with Gasteiger partial charge in [0.05, 0.1) is 13.2 Å². The highest BCUT2D eigenvalue weighted by molar-refractivity contribution is 6.31. The van der Waals surface area contributed by atoms with Gasteiger partial charge in [-0.1, -0.05) is 29.8 Å². The average molecular weight is 295 g/mol. The van der Waals surface area contributed by atoms with Crippen molar-refractivity contribution in [3.63, 3.8) is 0 Å². The van der Waals surface area contributed by atoms with E-state index in [0.717, 1.165) is 11.4 Å². The Kier molecular flexibility index (Phi) is 4.81. The summed E-state index contributed by atoms with van der Waals surface area (Å²) in [7, 11) is 1.93. The normalized spacial score (nSPS) is 11.8. The second-order valence-corrected chi connectivity index (χ2v) is 5.44. The van der Waals surface area contributed by atoms with Gasteiger partial charge in [0.2, 0.25) is 0 Å². The third-order valence-electron chi connectivity index (χ3n) is 3.80. The van der Waals surface area contributed by atoms with Crippen molar-refractivity contribution in [2.24, 2.45) is 7.05 Å². The Bertz CT molecular complexity index is 565. The SMILES string of the molecule is Cn1ccnc1CCC(CO)(CO)c1ccccc1Cl. The molecular weight excluding hydrogens is 276 g/mol. The van der Waals surface area contributed by atoms with E-state index in [2.05, 4.69) is 4.98 Å². The summed E-state index contributed by atoms with van der Waals surface area (Å²) in [5.74, 6) is 0.920. The summed E-state index contributed by atoms with van der Waals surface area (Å²) in [6.45, 7) is -0.310. The number of imidazole rings is 1. The Morgan fingerprint density at radius 2 is 1.95 bits per heavy atom. The van der Waals surface area contributed by atoms with E-state index < -0.39 is 5.41 Å². The maximum atomic E-state index is 9.81. The maximum Gasteiger partial charge on any atom is 0.108 e. The van der Waals surface area contributed by atoms with Crippen LogP contribution in [0.15, 0.2) is 36.7 Å². The van der Waals surface area contributed by atoms with Gasteiger partial charge in [-0.25, -0.2) is 4.98 Å². The Hall–Kier alpha value is -1.36. The Labute approximate surface area is 123 Å². The predicted molar refractivity (Wildman–Crippen MR) is 78.8 cm³/mol. The summed E-state index contributed by atoms with van der Waals surface area (Å²) in [5, 5.41) is 20.2. The van der Waals surface area contributed by atoms with Crippen LogP contribution in [-0.4, -0.2) is 33.0 Å². The summed E-state index contributed by atoms with van der Waals surface area (Å²) in [6.07, 6.45) is 4.86. The molecule has 1 heterocycles. The van der Waals surface area contributed by atoms with E-state index in [-0.39, 0.29) is 13.2 Å². The van der Waals surface area contributed by atoms with Gasteiger partial charge in [0, 0.05) is 36.3 Å². The molecule has 0 saturated heterocycles. The minimum absolute atomic E-state index is 0.155. The van der Waals surface area contributed by atoms with E-state index in [1.165, 1.54) is 0 Å². The van der Waals surface area contributed by atoms with Crippen molar-refractivity contribution in [2.45, 2.75) is 18.3 Å². The minimum atomic E-state index is -0.746. The first-order chi connectivity index (χ1) is 9.63. The van der Waals surface area contributed by atoms with Crippen molar-refractivity contribution in [2.75, 3.05) is 13.2 Å². The van der Waals surface area contributed by atoms with Crippen LogP contribution in [0.4, 0.5) is 0 Å². The number of halogens is 1. The number of aryl methyl sites for hydroxylation is 2. The van der Waals surface area contributed by atoms with E-state index in [0.29, 0.717) is 17.9 Å². The van der Waals surface area contributed by atoms with Crippen molar-refractivity contribution >= 4 is 11.6 Å². The molecule has 0 amide bonds. The molecule has 0 bridgehead atoms. The van der Waals surface area contributed by atoms with Gasteiger partial charge in [-0.2, -0.15) is 0 Å². The summed E-state index contributed by atoms with van der Waals surface area (Å²) < 4.78 is 1.94. The second kappa shape index (κ2) is 6.39. The zero-order valence-corrected chi connectivity index (χ0v) is 12.2. The van der Waals surface area contributed by atoms with E-state index in [1.54, 1.807) is 12.3 Å². The smallest absolute Gasteiger partial charge is 0.108 e. The highest BCUT2D eigenvalue weighted by Gasteiger charge is 2.33. The van der Waals surface area contributed by atoms with Crippen molar-refractivity contribution in [1.82, 2.24) is 9.55 Å². The number of aromatic nitrogens is 2. The average Bonchev–Trinajstić information content (AvgIpc) is 2.87.